The van der Waals surface area contributed by atoms with E-state index in [9.17, 15) is 18.0 Å². The van der Waals surface area contributed by atoms with Gasteiger partial charge in [-0.25, -0.2) is 0 Å². The van der Waals surface area contributed by atoms with Crippen molar-refractivity contribution in [3.8, 4) is 17.1 Å². The first-order chi connectivity index (χ1) is 15.8. The maximum absolute atomic E-state index is 13.1. The number of alkyl halides is 3. The van der Waals surface area contributed by atoms with Crippen LogP contribution in [0, 0.1) is 0 Å². The Morgan fingerprint density at radius 3 is 2.52 bits per heavy atom. The molecular formula is C23H23F3N4O2S. The third-order valence-electron chi connectivity index (χ3n) is 5.39. The fraction of sp³-hybridized carbons (Fsp3) is 0.348. The van der Waals surface area contributed by atoms with Gasteiger partial charge in [0.2, 0.25) is 5.91 Å². The smallest absolute Gasteiger partial charge is 0.418 e. The Hall–Kier alpha value is -3.01. The lowest BCUT2D eigenvalue weighted by Crippen LogP contribution is -2.18. The van der Waals surface area contributed by atoms with Crippen LogP contribution >= 0.6 is 11.8 Å². The Balaban J connectivity index is 1.37. The summed E-state index contributed by atoms with van der Waals surface area (Å²) in [4.78, 5) is 12.3. The molecule has 0 unspecified atom stereocenters. The Bertz CT molecular complexity index is 1110. The van der Waals surface area contributed by atoms with Crippen molar-refractivity contribution in [1.29, 1.82) is 0 Å². The molecule has 1 saturated carbocycles. The minimum absolute atomic E-state index is 0.105. The summed E-state index contributed by atoms with van der Waals surface area (Å²) in [7, 11) is 1.78. The minimum Gasteiger partial charge on any atom is -0.490 e. The predicted octanol–water partition coefficient (Wildman–Crippen LogP) is 5.55. The van der Waals surface area contributed by atoms with Crippen molar-refractivity contribution in [3.63, 3.8) is 0 Å². The van der Waals surface area contributed by atoms with E-state index in [2.05, 4.69) is 15.5 Å². The highest BCUT2D eigenvalue weighted by atomic mass is 32.2. The van der Waals surface area contributed by atoms with Crippen LogP contribution < -0.4 is 10.1 Å². The fourth-order valence-corrected chi connectivity index (χ4v) is 4.44. The number of hydrogen-bond acceptors (Lipinski definition) is 5. The third kappa shape index (κ3) is 5.68. The van der Waals surface area contributed by atoms with Crippen LogP contribution in [-0.4, -0.2) is 32.5 Å². The third-order valence-corrected chi connectivity index (χ3v) is 6.41. The van der Waals surface area contributed by atoms with Crippen LogP contribution in [0.1, 0.15) is 31.2 Å². The number of nitrogens with zero attached hydrogens (tertiary/aromatic N) is 3. The molecule has 0 bridgehead atoms. The van der Waals surface area contributed by atoms with Gasteiger partial charge in [-0.2, -0.15) is 13.2 Å². The van der Waals surface area contributed by atoms with Crippen molar-refractivity contribution < 1.29 is 22.7 Å². The molecule has 1 amide bonds. The van der Waals surface area contributed by atoms with E-state index in [1.165, 1.54) is 31.0 Å². The molecule has 1 aliphatic rings. The van der Waals surface area contributed by atoms with Gasteiger partial charge in [-0.15, -0.1) is 10.2 Å². The van der Waals surface area contributed by atoms with Crippen LogP contribution in [0.25, 0.3) is 11.4 Å². The second kappa shape index (κ2) is 9.86. The van der Waals surface area contributed by atoms with Gasteiger partial charge in [-0.05, 0) is 62.1 Å². The number of halogens is 3. The highest BCUT2D eigenvalue weighted by Crippen LogP contribution is 2.34. The number of para-hydroxylation sites is 1. The molecule has 2 aromatic carbocycles. The van der Waals surface area contributed by atoms with E-state index in [-0.39, 0.29) is 17.5 Å². The summed E-state index contributed by atoms with van der Waals surface area (Å²) >= 11 is 1.10. The largest absolute Gasteiger partial charge is 0.490 e. The first-order valence-corrected chi connectivity index (χ1v) is 11.5. The summed E-state index contributed by atoms with van der Waals surface area (Å²) < 4.78 is 47.0. The summed E-state index contributed by atoms with van der Waals surface area (Å²) in [5.41, 5.74) is -0.307. The maximum atomic E-state index is 13.1. The minimum atomic E-state index is -4.55. The number of benzene rings is 2. The summed E-state index contributed by atoms with van der Waals surface area (Å²) in [5.74, 6) is 0.771. The zero-order chi connectivity index (χ0) is 23.4. The van der Waals surface area contributed by atoms with Gasteiger partial charge in [0.15, 0.2) is 11.0 Å². The van der Waals surface area contributed by atoms with E-state index in [4.69, 9.17) is 4.74 Å². The molecule has 6 nitrogen and oxygen atoms in total. The second-order valence-electron chi connectivity index (χ2n) is 7.79. The second-order valence-corrected chi connectivity index (χ2v) is 8.74. The number of carbonyl (C=O) groups excluding carboxylic acids is 1. The Morgan fingerprint density at radius 1 is 1.12 bits per heavy atom. The lowest BCUT2D eigenvalue weighted by atomic mass is 10.1. The van der Waals surface area contributed by atoms with E-state index >= 15 is 0 Å². The van der Waals surface area contributed by atoms with E-state index in [0.717, 1.165) is 42.0 Å². The normalized spacial score (nSPS) is 14.4. The van der Waals surface area contributed by atoms with E-state index in [1.807, 2.05) is 24.3 Å². The fourth-order valence-electron chi connectivity index (χ4n) is 3.73. The van der Waals surface area contributed by atoms with Gasteiger partial charge in [-0.3, -0.25) is 4.79 Å². The molecule has 4 rings (SSSR count). The Labute approximate surface area is 193 Å². The zero-order valence-electron chi connectivity index (χ0n) is 17.9. The average Bonchev–Trinajstić information content (AvgIpc) is 3.42. The van der Waals surface area contributed by atoms with Crippen LogP contribution in [0.3, 0.4) is 0 Å². The molecule has 0 radical (unpaired) electrons. The molecular weight excluding hydrogens is 453 g/mol. The molecule has 0 atom stereocenters. The summed E-state index contributed by atoms with van der Waals surface area (Å²) in [6.45, 7) is 0. The number of thioether (sulfide) groups is 1. The quantitative estimate of drug-likeness (QED) is 0.453. The highest BCUT2D eigenvalue weighted by Gasteiger charge is 2.33. The molecule has 1 aromatic heterocycles. The van der Waals surface area contributed by atoms with Crippen molar-refractivity contribution in [1.82, 2.24) is 14.8 Å². The molecule has 1 N–H and O–H groups in total. The molecule has 1 fully saturated rings. The SMILES string of the molecule is Cn1c(SCC(=O)Nc2ccccc2C(F)(F)F)nnc1-c1ccc(OC2CCCC2)cc1. The monoisotopic (exact) mass is 476 g/mol. The van der Waals surface area contributed by atoms with Crippen LogP contribution in [0.4, 0.5) is 18.9 Å². The zero-order valence-corrected chi connectivity index (χ0v) is 18.7. The van der Waals surface area contributed by atoms with Crippen molar-refractivity contribution in [3.05, 3.63) is 54.1 Å². The number of ether oxygens (including phenoxy) is 1. The first-order valence-electron chi connectivity index (χ1n) is 10.6. The molecule has 0 aliphatic heterocycles. The molecule has 1 heterocycles. The molecule has 3 aromatic rings. The van der Waals surface area contributed by atoms with Gasteiger partial charge >= 0.3 is 6.18 Å². The average molecular weight is 477 g/mol. The number of rotatable bonds is 7. The molecule has 1 aliphatic carbocycles. The number of hydrogen-bond donors (Lipinski definition) is 1. The molecule has 33 heavy (non-hydrogen) atoms. The van der Waals surface area contributed by atoms with Crippen LogP contribution in [0.2, 0.25) is 0 Å². The number of nitrogens with one attached hydrogen (secondary N) is 1. The van der Waals surface area contributed by atoms with Gasteiger partial charge < -0.3 is 14.6 Å². The summed E-state index contributed by atoms with van der Waals surface area (Å²) in [5, 5.41) is 11.1. The van der Waals surface area contributed by atoms with E-state index < -0.39 is 17.6 Å². The van der Waals surface area contributed by atoms with Crippen molar-refractivity contribution in [2.75, 3.05) is 11.1 Å². The maximum Gasteiger partial charge on any atom is 0.418 e. The topological polar surface area (TPSA) is 69.0 Å². The van der Waals surface area contributed by atoms with Gasteiger partial charge in [0.05, 0.1) is 23.1 Å². The van der Waals surface area contributed by atoms with Crippen molar-refractivity contribution >= 4 is 23.4 Å². The van der Waals surface area contributed by atoms with Gasteiger partial charge in [0.25, 0.3) is 0 Å². The van der Waals surface area contributed by atoms with Gasteiger partial charge in [-0.1, -0.05) is 23.9 Å². The van der Waals surface area contributed by atoms with Gasteiger partial charge in [0.1, 0.15) is 5.75 Å². The van der Waals surface area contributed by atoms with Crippen LogP contribution in [0.5, 0.6) is 5.75 Å². The lowest BCUT2D eigenvalue weighted by Gasteiger charge is -2.13. The highest BCUT2D eigenvalue weighted by molar-refractivity contribution is 7.99. The summed E-state index contributed by atoms with van der Waals surface area (Å²) in [6, 6.07) is 12.5. The number of carbonyl (C=O) groups is 1. The van der Waals surface area contributed by atoms with Crippen molar-refractivity contribution in [2.45, 2.75) is 43.1 Å². The van der Waals surface area contributed by atoms with E-state index in [1.54, 1.807) is 11.6 Å². The first kappa shape index (κ1) is 23.2. The Kier molecular flexibility index (Phi) is 6.92. The van der Waals surface area contributed by atoms with Crippen LogP contribution in [0.15, 0.2) is 53.7 Å². The summed E-state index contributed by atoms with van der Waals surface area (Å²) in [6.07, 6.45) is 0.307. The number of aromatic nitrogens is 3. The van der Waals surface area contributed by atoms with E-state index in [0.29, 0.717) is 11.0 Å². The molecule has 174 valence electrons. The number of anilines is 1. The molecule has 10 heteroatoms. The predicted molar refractivity (Wildman–Crippen MR) is 120 cm³/mol. The number of amides is 1. The lowest BCUT2D eigenvalue weighted by molar-refractivity contribution is -0.137. The van der Waals surface area contributed by atoms with Gasteiger partial charge in [0, 0.05) is 12.6 Å². The molecule has 0 spiro atoms. The van der Waals surface area contributed by atoms with Crippen molar-refractivity contribution in [2.24, 2.45) is 7.05 Å². The Morgan fingerprint density at radius 2 is 1.82 bits per heavy atom. The molecule has 0 saturated heterocycles. The standard InChI is InChI=1S/C23H23F3N4O2S/c1-30-21(15-10-12-17(13-11-15)32-16-6-2-3-7-16)28-29-22(30)33-14-20(31)27-19-9-5-4-8-18(19)23(24,25)26/h4-5,8-13,16H,2-3,6-7,14H2,1H3,(H,27,31). The van der Waals surface area contributed by atoms with Crippen LogP contribution in [-0.2, 0) is 18.0 Å².